The van der Waals surface area contributed by atoms with Gasteiger partial charge in [0.05, 0.1) is 13.7 Å². The minimum Gasteiger partial charge on any atom is -0.493 e. The van der Waals surface area contributed by atoms with Crippen LogP contribution in [0.25, 0.3) is 0 Å². The van der Waals surface area contributed by atoms with Crippen LogP contribution < -0.4 is 5.32 Å². The second-order valence-electron chi connectivity index (χ2n) is 4.59. The van der Waals surface area contributed by atoms with Gasteiger partial charge in [-0.05, 0) is 44.0 Å². The standard InChI is InChI=1S/C15H25NO2.H2/c1-5-18-15-11-13(9-10-16-12(2)3)7-6-8-14(15)17-4;/h7-8,11-12,16H,5-6,9-10H2,1-4H3;1H. The maximum absolute atomic E-state index is 5.63. The van der Waals surface area contributed by atoms with Gasteiger partial charge < -0.3 is 14.8 Å². The van der Waals surface area contributed by atoms with Crippen molar-refractivity contribution in [1.82, 2.24) is 5.32 Å². The molecule has 0 saturated heterocycles. The number of methoxy groups -OCH3 is 1. The Labute approximate surface area is 112 Å². The van der Waals surface area contributed by atoms with E-state index in [9.17, 15) is 0 Å². The predicted octanol–water partition coefficient (Wildman–Crippen LogP) is 3.40. The molecule has 104 valence electrons. The van der Waals surface area contributed by atoms with Gasteiger partial charge in [0.1, 0.15) is 0 Å². The molecule has 0 amide bonds. The third kappa shape index (κ3) is 4.96. The number of rotatable bonds is 7. The van der Waals surface area contributed by atoms with E-state index in [1.54, 1.807) is 7.11 Å². The van der Waals surface area contributed by atoms with Crippen molar-refractivity contribution in [3.05, 3.63) is 35.3 Å². The minimum absolute atomic E-state index is 0. The third-order valence-corrected chi connectivity index (χ3v) is 2.73. The van der Waals surface area contributed by atoms with E-state index in [1.807, 2.05) is 6.92 Å². The fourth-order valence-corrected chi connectivity index (χ4v) is 1.85. The number of hydrogen-bond donors (Lipinski definition) is 1. The summed E-state index contributed by atoms with van der Waals surface area (Å²) in [5.74, 6) is 1.67. The fraction of sp³-hybridized carbons (Fsp3) is 0.600. The molecule has 0 aromatic rings. The molecule has 1 N–H and O–H groups in total. The molecule has 1 aliphatic carbocycles. The van der Waals surface area contributed by atoms with Crippen molar-refractivity contribution in [3.63, 3.8) is 0 Å². The third-order valence-electron chi connectivity index (χ3n) is 2.73. The molecule has 3 heteroatoms. The lowest BCUT2D eigenvalue weighted by Crippen LogP contribution is -2.23. The van der Waals surface area contributed by atoms with Gasteiger partial charge in [0.25, 0.3) is 0 Å². The Morgan fingerprint density at radius 1 is 1.33 bits per heavy atom. The van der Waals surface area contributed by atoms with Crippen molar-refractivity contribution >= 4 is 0 Å². The zero-order valence-electron chi connectivity index (χ0n) is 12.0. The summed E-state index contributed by atoms with van der Waals surface area (Å²) in [5.41, 5.74) is 1.30. The van der Waals surface area contributed by atoms with Gasteiger partial charge in [-0.15, -0.1) is 0 Å². The SMILES string of the molecule is CCOC1=CC(CCNC(C)C)=CCC=C1OC.[HH]. The Morgan fingerprint density at radius 3 is 2.72 bits per heavy atom. The molecule has 0 aliphatic heterocycles. The van der Waals surface area contributed by atoms with Crippen molar-refractivity contribution in [1.29, 1.82) is 0 Å². The van der Waals surface area contributed by atoms with E-state index < -0.39 is 0 Å². The lowest BCUT2D eigenvalue weighted by molar-refractivity contribution is 0.186. The zero-order valence-corrected chi connectivity index (χ0v) is 12.0. The molecule has 18 heavy (non-hydrogen) atoms. The first kappa shape index (κ1) is 14.8. The number of ether oxygens (including phenoxy) is 2. The first-order valence-corrected chi connectivity index (χ1v) is 6.68. The quantitative estimate of drug-likeness (QED) is 0.754. The summed E-state index contributed by atoms with van der Waals surface area (Å²) in [4.78, 5) is 0. The molecule has 0 atom stereocenters. The molecule has 0 bridgehead atoms. The summed E-state index contributed by atoms with van der Waals surface area (Å²) in [5, 5.41) is 3.43. The molecule has 0 fully saturated rings. The molecule has 0 radical (unpaired) electrons. The van der Waals surface area contributed by atoms with E-state index in [-0.39, 0.29) is 1.43 Å². The van der Waals surface area contributed by atoms with Gasteiger partial charge in [0, 0.05) is 7.47 Å². The van der Waals surface area contributed by atoms with Gasteiger partial charge in [0.15, 0.2) is 11.5 Å². The fourth-order valence-electron chi connectivity index (χ4n) is 1.85. The number of hydrogen-bond acceptors (Lipinski definition) is 3. The highest BCUT2D eigenvalue weighted by molar-refractivity contribution is 5.34. The van der Waals surface area contributed by atoms with Gasteiger partial charge >= 0.3 is 0 Å². The molecule has 0 spiro atoms. The Balaban J connectivity index is 0.00000324. The van der Waals surface area contributed by atoms with Crippen LogP contribution in [0.1, 0.15) is 35.0 Å². The Morgan fingerprint density at radius 2 is 2.11 bits per heavy atom. The van der Waals surface area contributed by atoms with Crippen LogP contribution in [0.15, 0.2) is 35.3 Å². The molecule has 0 aromatic heterocycles. The lowest BCUT2D eigenvalue weighted by atomic mass is 10.1. The smallest absolute Gasteiger partial charge is 0.161 e. The summed E-state index contributed by atoms with van der Waals surface area (Å²) in [6.07, 6.45) is 8.29. The Kier molecular flexibility index (Phi) is 6.58. The minimum atomic E-state index is 0. The van der Waals surface area contributed by atoms with Crippen molar-refractivity contribution in [3.8, 4) is 0 Å². The van der Waals surface area contributed by atoms with Gasteiger partial charge in [-0.2, -0.15) is 0 Å². The van der Waals surface area contributed by atoms with Crippen LogP contribution in [0.5, 0.6) is 0 Å². The summed E-state index contributed by atoms with van der Waals surface area (Å²) < 4.78 is 11.0. The second-order valence-corrected chi connectivity index (χ2v) is 4.59. The Bertz CT molecular complexity index is 346. The van der Waals surface area contributed by atoms with Crippen molar-refractivity contribution in [2.75, 3.05) is 20.3 Å². The maximum Gasteiger partial charge on any atom is 0.161 e. The molecule has 3 nitrogen and oxygen atoms in total. The molecular weight excluding hydrogens is 226 g/mol. The van der Waals surface area contributed by atoms with E-state index in [1.165, 1.54) is 5.57 Å². The van der Waals surface area contributed by atoms with Gasteiger partial charge in [-0.3, -0.25) is 0 Å². The van der Waals surface area contributed by atoms with Crippen molar-refractivity contribution in [2.45, 2.75) is 39.7 Å². The van der Waals surface area contributed by atoms with Crippen LogP contribution in [0.4, 0.5) is 0 Å². The van der Waals surface area contributed by atoms with Crippen LogP contribution in [-0.2, 0) is 9.47 Å². The summed E-state index contributed by atoms with van der Waals surface area (Å²) in [6.45, 7) is 7.95. The monoisotopic (exact) mass is 253 g/mol. The average Bonchev–Trinajstić information content (AvgIpc) is 2.51. The van der Waals surface area contributed by atoms with Crippen LogP contribution >= 0.6 is 0 Å². The van der Waals surface area contributed by atoms with Crippen molar-refractivity contribution < 1.29 is 10.9 Å². The predicted molar refractivity (Wildman–Crippen MR) is 77.4 cm³/mol. The molecule has 0 unspecified atom stereocenters. The lowest BCUT2D eigenvalue weighted by Gasteiger charge is -2.12. The van der Waals surface area contributed by atoms with Crippen LogP contribution in [0, 0.1) is 0 Å². The number of allylic oxidation sites excluding steroid dienone is 3. The highest BCUT2D eigenvalue weighted by Crippen LogP contribution is 2.21. The van der Waals surface area contributed by atoms with E-state index in [0.29, 0.717) is 12.6 Å². The average molecular weight is 253 g/mol. The second kappa shape index (κ2) is 7.98. The van der Waals surface area contributed by atoms with Crippen LogP contribution in [0.3, 0.4) is 0 Å². The first-order chi connectivity index (χ1) is 8.67. The zero-order chi connectivity index (χ0) is 13.4. The summed E-state index contributed by atoms with van der Waals surface area (Å²) in [7, 11) is 1.68. The highest BCUT2D eigenvalue weighted by Gasteiger charge is 2.10. The molecule has 1 aliphatic rings. The van der Waals surface area contributed by atoms with E-state index in [4.69, 9.17) is 9.47 Å². The van der Waals surface area contributed by atoms with E-state index >= 15 is 0 Å². The molecule has 0 saturated carbocycles. The topological polar surface area (TPSA) is 30.5 Å². The number of nitrogens with one attached hydrogen (secondary N) is 1. The van der Waals surface area contributed by atoms with Crippen molar-refractivity contribution in [2.24, 2.45) is 0 Å². The molecular formula is C15H27NO2. The van der Waals surface area contributed by atoms with E-state index in [0.717, 1.165) is 30.9 Å². The molecule has 1 rings (SSSR count). The normalized spacial score (nSPS) is 15.7. The maximum atomic E-state index is 5.63. The largest absolute Gasteiger partial charge is 0.493 e. The van der Waals surface area contributed by atoms with Crippen LogP contribution in [-0.4, -0.2) is 26.3 Å². The first-order valence-electron chi connectivity index (χ1n) is 6.68. The van der Waals surface area contributed by atoms with E-state index in [2.05, 4.69) is 37.4 Å². The van der Waals surface area contributed by atoms with Gasteiger partial charge in [-0.1, -0.05) is 19.9 Å². The molecule has 0 aromatic carbocycles. The van der Waals surface area contributed by atoms with Gasteiger partial charge in [0.2, 0.25) is 0 Å². The van der Waals surface area contributed by atoms with Crippen LogP contribution in [0.2, 0.25) is 0 Å². The summed E-state index contributed by atoms with van der Waals surface area (Å²) in [6, 6.07) is 0.527. The highest BCUT2D eigenvalue weighted by atomic mass is 16.5. The molecule has 0 heterocycles. The Hall–Kier alpha value is -1.22. The summed E-state index contributed by atoms with van der Waals surface area (Å²) >= 11 is 0. The van der Waals surface area contributed by atoms with Gasteiger partial charge in [-0.25, -0.2) is 0 Å².